The molecule has 1 rings (SSSR count). The van der Waals surface area contributed by atoms with Gasteiger partial charge >= 0.3 is 12.0 Å². The van der Waals surface area contributed by atoms with Crippen molar-refractivity contribution in [2.24, 2.45) is 0 Å². The molecule has 0 spiro atoms. The minimum Gasteiger partial charge on any atom is -0.480 e. The number of imide groups is 1. The van der Waals surface area contributed by atoms with Crippen LogP contribution in [0.5, 0.6) is 0 Å². The van der Waals surface area contributed by atoms with Gasteiger partial charge < -0.3 is 15.3 Å². The summed E-state index contributed by atoms with van der Waals surface area (Å²) in [6.07, 6.45) is 0.687. The van der Waals surface area contributed by atoms with Crippen LogP contribution < -0.4 is 5.32 Å². The van der Waals surface area contributed by atoms with Crippen molar-refractivity contribution in [3.05, 3.63) is 0 Å². The number of carboxylic acids is 1. The van der Waals surface area contributed by atoms with Gasteiger partial charge in [0.25, 0.3) is 0 Å². The van der Waals surface area contributed by atoms with Gasteiger partial charge in [-0.15, -0.1) is 0 Å². The van der Waals surface area contributed by atoms with Gasteiger partial charge in [-0.1, -0.05) is 6.92 Å². The van der Waals surface area contributed by atoms with Crippen molar-refractivity contribution in [2.45, 2.75) is 32.2 Å². The van der Waals surface area contributed by atoms with Crippen LogP contribution >= 0.6 is 0 Å². The zero-order valence-corrected chi connectivity index (χ0v) is 11.6. The van der Waals surface area contributed by atoms with Crippen molar-refractivity contribution >= 4 is 23.8 Å². The summed E-state index contributed by atoms with van der Waals surface area (Å²) in [6.45, 7) is 1.89. The molecule has 1 unspecified atom stereocenters. The molecule has 1 saturated heterocycles. The zero-order chi connectivity index (χ0) is 15.3. The van der Waals surface area contributed by atoms with E-state index >= 15 is 0 Å². The van der Waals surface area contributed by atoms with Crippen LogP contribution in [0.15, 0.2) is 0 Å². The monoisotopic (exact) mass is 285 g/mol. The van der Waals surface area contributed by atoms with Gasteiger partial charge in [-0.2, -0.15) is 0 Å². The van der Waals surface area contributed by atoms with E-state index in [2.05, 4.69) is 5.32 Å². The maximum Gasteiger partial charge on any atom is 0.326 e. The molecule has 20 heavy (non-hydrogen) atoms. The fraction of sp³-hybridized carbons (Fsp3) is 0.667. The molecule has 112 valence electrons. The quantitative estimate of drug-likeness (QED) is 0.621. The maximum atomic E-state index is 11.6. The van der Waals surface area contributed by atoms with Crippen LogP contribution in [0.4, 0.5) is 4.79 Å². The molecule has 0 radical (unpaired) electrons. The Morgan fingerprint density at radius 3 is 2.50 bits per heavy atom. The van der Waals surface area contributed by atoms with Gasteiger partial charge in [0.05, 0.1) is 0 Å². The third kappa shape index (κ3) is 3.94. The molecule has 0 bridgehead atoms. The molecule has 4 amide bonds. The van der Waals surface area contributed by atoms with Gasteiger partial charge in [-0.05, 0) is 12.8 Å². The van der Waals surface area contributed by atoms with Gasteiger partial charge in [0.15, 0.2) is 0 Å². The van der Waals surface area contributed by atoms with Crippen molar-refractivity contribution in [3.63, 3.8) is 0 Å². The smallest absolute Gasteiger partial charge is 0.326 e. The van der Waals surface area contributed by atoms with Crippen LogP contribution in [0.3, 0.4) is 0 Å². The maximum absolute atomic E-state index is 11.6. The Morgan fingerprint density at radius 1 is 1.40 bits per heavy atom. The minimum absolute atomic E-state index is 0.0575. The standard InChI is InChI=1S/C12H19N3O5/c1-3-8(11(18)19)13-9(16)5-4-6-15-10(17)7-14(2)12(15)20/h8H,3-7H2,1-2H3,(H,13,16)(H,18,19). The molecule has 0 aromatic carbocycles. The molecule has 1 fully saturated rings. The third-order valence-corrected chi connectivity index (χ3v) is 3.06. The molecule has 0 aromatic rings. The Balaban J connectivity index is 2.34. The highest BCUT2D eigenvalue weighted by atomic mass is 16.4. The van der Waals surface area contributed by atoms with E-state index < -0.39 is 17.9 Å². The number of nitrogens with zero attached hydrogens (tertiary/aromatic N) is 2. The number of aliphatic carboxylic acids is 1. The molecule has 2 N–H and O–H groups in total. The lowest BCUT2D eigenvalue weighted by Gasteiger charge is -2.15. The topological polar surface area (TPSA) is 107 Å². The van der Waals surface area contributed by atoms with E-state index in [1.807, 2.05) is 0 Å². The number of hydrogen-bond acceptors (Lipinski definition) is 4. The lowest BCUT2D eigenvalue weighted by Crippen LogP contribution is -2.40. The molecule has 1 atom stereocenters. The van der Waals surface area contributed by atoms with E-state index in [1.165, 1.54) is 11.9 Å². The van der Waals surface area contributed by atoms with Gasteiger partial charge in [0.2, 0.25) is 11.8 Å². The number of carboxylic acid groups (broad SMARTS) is 1. The Morgan fingerprint density at radius 2 is 2.05 bits per heavy atom. The molecule has 8 nitrogen and oxygen atoms in total. The molecule has 1 aliphatic heterocycles. The molecule has 1 aliphatic rings. The number of carbonyl (C=O) groups is 4. The second kappa shape index (κ2) is 6.88. The van der Waals surface area contributed by atoms with Crippen LogP contribution in [0.1, 0.15) is 26.2 Å². The average Bonchev–Trinajstić information content (AvgIpc) is 2.61. The van der Waals surface area contributed by atoms with Crippen LogP contribution in [0.25, 0.3) is 0 Å². The first kappa shape index (κ1) is 15.9. The number of likely N-dealkylation sites (N-methyl/N-ethyl adjacent to an activating group) is 1. The van der Waals surface area contributed by atoms with E-state index in [9.17, 15) is 19.2 Å². The Bertz CT molecular complexity index is 423. The van der Waals surface area contributed by atoms with Crippen LogP contribution in [0, 0.1) is 0 Å². The van der Waals surface area contributed by atoms with E-state index in [4.69, 9.17) is 5.11 Å². The van der Waals surface area contributed by atoms with Gasteiger partial charge in [0.1, 0.15) is 12.6 Å². The molecule has 0 aliphatic carbocycles. The van der Waals surface area contributed by atoms with Crippen LogP contribution in [-0.2, 0) is 14.4 Å². The summed E-state index contributed by atoms with van der Waals surface area (Å²) in [6, 6.07) is -1.27. The predicted molar refractivity (Wildman–Crippen MR) is 68.8 cm³/mol. The highest BCUT2D eigenvalue weighted by Gasteiger charge is 2.32. The SMILES string of the molecule is CCC(NC(=O)CCCN1C(=O)CN(C)C1=O)C(=O)O. The predicted octanol–water partition coefficient (Wildman–Crippen LogP) is -0.360. The number of rotatable bonds is 7. The summed E-state index contributed by atoms with van der Waals surface area (Å²) < 4.78 is 0. The van der Waals surface area contributed by atoms with Gasteiger partial charge in [0, 0.05) is 20.0 Å². The molecular weight excluding hydrogens is 266 g/mol. The zero-order valence-electron chi connectivity index (χ0n) is 11.6. The minimum atomic E-state index is -1.08. The van der Waals surface area contributed by atoms with Crippen molar-refractivity contribution in [1.29, 1.82) is 0 Å². The lowest BCUT2D eigenvalue weighted by molar-refractivity contribution is -0.141. The van der Waals surface area contributed by atoms with Crippen molar-refractivity contribution in [2.75, 3.05) is 20.1 Å². The summed E-state index contributed by atoms with van der Waals surface area (Å²) >= 11 is 0. The summed E-state index contributed by atoms with van der Waals surface area (Å²) in [5.74, 6) is -1.76. The fourth-order valence-electron chi connectivity index (χ4n) is 1.89. The first-order chi connectivity index (χ1) is 9.36. The Labute approximate surface area is 116 Å². The first-order valence-electron chi connectivity index (χ1n) is 6.44. The van der Waals surface area contributed by atoms with Gasteiger partial charge in [-0.25, -0.2) is 9.59 Å². The van der Waals surface area contributed by atoms with E-state index in [0.717, 1.165) is 4.90 Å². The van der Waals surface area contributed by atoms with E-state index in [-0.39, 0.29) is 31.4 Å². The second-order valence-electron chi connectivity index (χ2n) is 4.65. The number of nitrogens with one attached hydrogen (secondary N) is 1. The summed E-state index contributed by atoms with van der Waals surface area (Å²) in [7, 11) is 1.53. The van der Waals surface area contributed by atoms with E-state index in [0.29, 0.717) is 12.8 Å². The van der Waals surface area contributed by atoms with Crippen molar-refractivity contribution in [3.8, 4) is 0 Å². The van der Waals surface area contributed by atoms with Gasteiger partial charge in [-0.3, -0.25) is 14.5 Å². The summed E-state index contributed by atoms with van der Waals surface area (Å²) in [5, 5.41) is 11.2. The average molecular weight is 285 g/mol. The van der Waals surface area contributed by atoms with Crippen molar-refractivity contribution in [1.82, 2.24) is 15.1 Å². The number of hydrogen-bond donors (Lipinski definition) is 2. The molecule has 0 saturated carbocycles. The van der Waals surface area contributed by atoms with E-state index in [1.54, 1.807) is 6.92 Å². The number of amides is 4. The normalized spacial score (nSPS) is 16.5. The first-order valence-corrected chi connectivity index (χ1v) is 6.44. The number of urea groups is 1. The highest BCUT2D eigenvalue weighted by molar-refractivity contribution is 6.01. The number of carbonyl (C=O) groups excluding carboxylic acids is 3. The Hall–Kier alpha value is -2.12. The third-order valence-electron chi connectivity index (χ3n) is 3.06. The summed E-state index contributed by atoms with van der Waals surface area (Å²) in [5.41, 5.74) is 0. The fourth-order valence-corrected chi connectivity index (χ4v) is 1.89. The van der Waals surface area contributed by atoms with Crippen LogP contribution in [0.2, 0.25) is 0 Å². The largest absolute Gasteiger partial charge is 0.480 e. The van der Waals surface area contributed by atoms with Crippen LogP contribution in [-0.4, -0.2) is 64.9 Å². The molecule has 1 heterocycles. The van der Waals surface area contributed by atoms with Crippen molar-refractivity contribution < 1.29 is 24.3 Å². The highest BCUT2D eigenvalue weighted by Crippen LogP contribution is 2.09. The lowest BCUT2D eigenvalue weighted by atomic mass is 10.2. The molecule has 8 heteroatoms. The molecular formula is C12H19N3O5. The Kier molecular flexibility index (Phi) is 5.48. The molecule has 0 aromatic heterocycles. The summed E-state index contributed by atoms with van der Waals surface area (Å²) in [4.78, 5) is 47.7. The second-order valence-corrected chi connectivity index (χ2v) is 4.65.